The summed E-state index contributed by atoms with van der Waals surface area (Å²) in [6.07, 6.45) is 3.83. The summed E-state index contributed by atoms with van der Waals surface area (Å²) in [5, 5.41) is 4.16. The predicted octanol–water partition coefficient (Wildman–Crippen LogP) is 4.44. The fraction of sp³-hybridized carbons (Fsp3) is 0.286. The molecule has 1 heterocycles. The van der Waals surface area contributed by atoms with Crippen LogP contribution in [0.15, 0.2) is 59.7 Å². The standard InChI is InChI=1S/C28H31N3O5/c1-33-24-12-11-19(14-22(24)18-31-13-7-9-20-8-5-6-10-23(20)31)17-29-30-28(32)21-15-25(34-2)27(36-4)26(16-21)35-3/h5-6,8,10-12,14-17H,7,9,13,18H2,1-4H3,(H,30,32)/b29-17-. The van der Waals surface area contributed by atoms with Crippen LogP contribution in [0.1, 0.15) is 33.5 Å². The summed E-state index contributed by atoms with van der Waals surface area (Å²) < 4.78 is 21.6. The first-order valence-corrected chi connectivity index (χ1v) is 11.7. The minimum absolute atomic E-state index is 0.334. The van der Waals surface area contributed by atoms with Gasteiger partial charge in [-0.1, -0.05) is 18.2 Å². The van der Waals surface area contributed by atoms with Crippen LogP contribution >= 0.6 is 0 Å². The van der Waals surface area contributed by atoms with E-state index in [0.29, 0.717) is 22.8 Å². The van der Waals surface area contributed by atoms with Crippen molar-refractivity contribution in [1.82, 2.24) is 5.43 Å². The first-order valence-electron chi connectivity index (χ1n) is 11.7. The van der Waals surface area contributed by atoms with Crippen molar-refractivity contribution in [2.75, 3.05) is 39.9 Å². The van der Waals surface area contributed by atoms with E-state index in [9.17, 15) is 4.79 Å². The summed E-state index contributed by atoms with van der Waals surface area (Å²) in [4.78, 5) is 15.1. The highest BCUT2D eigenvalue weighted by atomic mass is 16.5. The second-order valence-corrected chi connectivity index (χ2v) is 8.34. The van der Waals surface area contributed by atoms with Crippen LogP contribution in [-0.2, 0) is 13.0 Å². The van der Waals surface area contributed by atoms with Gasteiger partial charge in [-0.25, -0.2) is 5.43 Å². The number of nitrogens with one attached hydrogen (secondary N) is 1. The number of hydrogen-bond donors (Lipinski definition) is 1. The number of anilines is 1. The maximum atomic E-state index is 12.7. The Morgan fingerprint density at radius 2 is 1.67 bits per heavy atom. The highest BCUT2D eigenvalue weighted by Crippen LogP contribution is 2.38. The van der Waals surface area contributed by atoms with Gasteiger partial charge in [0.15, 0.2) is 11.5 Å². The van der Waals surface area contributed by atoms with E-state index in [1.165, 1.54) is 32.6 Å². The number of carbonyl (C=O) groups excluding carboxylic acids is 1. The van der Waals surface area contributed by atoms with E-state index in [-0.39, 0.29) is 0 Å². The summed E-state index contributed by atoms with van der Waals surface area (Å²) in [7, 11) is 6.19. The molecule has 1 N–H and O–H groups in total. The smallest absolute Gasteiger partial charge is 0.271 e. The normalized spacial score (nSPS) is 12.7. The monoisotopic (exact) mass is 489 g/mol. The molecule has 8 nitrogen and oxygen atoms in total. The van der Waals surface area contributed by atoms with Gasteiger partial charge in [-0.05, 0) is 60.4 Å². The van der Waals surface area contributed by atoms with Crippen LogP contribution in [0.25, 0.3) is 0 Å². The number of hydrogen-bond acceptors (Lipinski definition) is 7. The third kappa shape index (κ3) is 5.38. The van der Waals surface area contributed by atoms with Gasteiger partial charge in [0, 0.05) is 29.9 Å². The SMILES string of the molecule is COc1ccc(/C=N\NC(=O)c2cc(OC)c(OC)c(OC)c2)cc1CN1CCCc2ccccc21. The Morgan fingerprint density at radius 1 is 0.944 bits per heavy atom. The molecule has 8 heteroatoms. The molecule has 0 spiro atoms. The van der Waals surface area contributed by atoms with Crippen LogP contribution in [0.5, 0.6) is 23.0 Å². The molecule has 0 atom stereocenters. The van der Waals surface area contributed by atoms with E-state index in [1.807, 2.05) is 18.2 Å². The van der Waals surface area contributed by atoms with Gasteiger partial charge in [0.05, 0.1) is 34.7 Å². The number of aryl methyl sites for hydroxylation is 1. The van der Waals surface area contributed by atoms with Gasteiger partial charge in [0.25, 0.3) is 5.91 Å². The number of amides is 1. The van der Waals surface area contributed by atoms with Crippen LogP contribution < -0.4 is 29.3 Å². The Hall–Kier alpha value is -4.20. The zero-order valence-corrected chi connectivity index (χ0v) is 21.0. The topological polar surface area (TPSA) is 81.6 Å². The summed E-state index contributed by atoms with van der Waals surface area (Å²) in [6, 6.07) is 17.5. The zero-order valence-electron chi connectivity index (χ0n) is 21.0. The van der Waals surface area contributed by atoms with Crippen LogP contribution in [0.3, 0.4) is 0 Å². The molecule has 0 unspecified atom stereocenters. The lowest BCUT2D eigenvalue weighted by atomic mass is 10.0. The molecule has 36 heavy (non-hydrogen) atoms. The number of ether oxygens (including phenoxy) is 4. The van der Waals surface area contributed by atoms with Crippen molar-refractivity contribution in [1.29, 1.82) is 0 Å². The quantitative estimate of drug-likeness (QED) is 0.354. The Bertz CT molecular complexity index is 1230. The molecule has 0 saturated carbocycles. The summed E-state index contributed by atoms with van der Waals surface area (Å²) in [5.74, 6) is 1.62. The largest absolute Gasteiger partial charge is 0.496 e. The molecule has 1 aliphatic heterocycles. The van der Waals surface area contributed by atoms with Crippen LogP contribution in [0.2, 0.25) is 0 Å². The van der Waals surface area contributed by atoms with Crippen molar-refractivity contribution < 1.29 is 23.7 Å². The average molecular weight is 490 g/mol. The first-order chi connectivity index (χ1) is 17.6. The van der Waals surface area contributed by atoms with Gasteiger partial charge < -0.3 is 23.8 Å². The lowest BCUT2D eigenvalue weighted by Gasteiger charge is -2.31. The van der Waals surface area contributed by atoms with E-state index in [4.69, 9.17) is 18.9 Å². The molecule has 188 valence electrons. The zero-order chi connectivity index (χ0) is 25.5. The van der Waals surface area contributed by atoms with Gasteiger partial charge in [-0.2, -0.15) is 5.10 Å². The van der Waals surface area contributed by atoms with Crippen LogP contribution in [0.4, 0.5) is 5.69 Å². The van der Waals surface area contributed by atoms with Gasteiger partial charge >= 0.3 is 0 Å². The summed E-state index contributed by atoms with van der Waals surface area (Å²) >= 11 is 0. The van der Waals surface area contributed by atoms with Gasteiger partial charge in [-0.3, -0.25) is 4.79 Å². The number of para-hydroxylation sites is 1. The fourth-order valence-electron chi connectivity index (χ4n) is 4.43. The summed E-state index contributed by atoms with van der Waals surface area (Å²) in [6.45, 7) is 1.71. The minimum Gasteiger partial charge on any atom is -0.496 e. The average Bonchev–Trinajstić information content (AvgIpc) is 2.92. The molecule has 3 aromatic rings. The number of benzene rings is 3. The van der Waals surface area contributed by atoms with E-state index >= 15 is 0 Å². The Kier molecular flexibility index (Phi) is 7.95. The number of fused-ring (bicyclic) bond motifs is 1. The molecule has 0 aromatic heterocycles. The third-order valence-corrected chi connectivity index (χ3v) is 6.18. The molecule has 0 bridgehead atoms. The van der Waals surface area contributed by atoms with Gasteiger partial charge in [-0.15, -0.1) is 0 Å². The predicted molar refractivity (Wildman–Crippen MR) is 140 cm³/mol. The highest BCUT2D eigenvalue weighted by Gasteiger charge is 2.19. The summed E-state index contributed by atoms with van der Waals surface area (Å²) in [5.41, 5.74) is 7.44. The number of hydrazone groups is 1. The van der Waals surface area contributed by atoms with Crippen molar-refractivity contribution in [3.8, 4) is 23.0 Å². The molecule has 0 saturated heterocycles. The first kappa shape index (κ1) is 24.9. The van der Waals surface area contributed by atoms with Crippen LogP contribution in [-0.4, -0.2) is 47.1 Å². The second kappa shape index (κ2) is 11.5. The van der Waals surface area contributed by atoms with Crippen molar-refractivity contribution in [3.05, 3.63) is 76.9 Å². The lowest BCUT2D eigenvalue weighted by Crippen LogP contribution is -2.29. The Labute approximate surface area is 211 Å². The maximum absolute atomic E-state index is 12.7. The Morgan fingerprint density at radius 3 is 2.36 bits per heavy atom. The molecular formula is C28H31N3O5. The molecule has 0 aliphatic carbocycles. The van der Waals surface area contributed by atoms with E-state index < -0.39 is 5.91 Å². The molecule has 1 aliphatic rings. The van der Waals surface area contributed by atoms with Gasteiger partial charge in [0.1, 0.15) is 5.75 Å². The van der Waals surface area contributed by atoms with Crippen LogP contribution in [0, 0.1) is 0 Å². The highest BCUT2D eigenvalue weighted by molar-refractivity contribution is 5.96. The number of rotatable bonds is 9. The molecular weight excluding hydrogens is 458 g/mol. The van der Waals surface area contributed by atoms with Gasteiger partial charge in [0.2, 0.25) is 5.75 Å². The van der Waals surface area contributed by atoms with E-state index in [2.05, 4.69) is 39.7 Å². The second-order valence-electron chi connectivity index (χ2n) is 8.34. The molecule has 0 fully saturated rings. The molecule has 1 amide bonds. The number of methoxy groups -OCH3 is 4. The molecule has 0 radical (unpaired) electrons. The minimum atomic E-state index is -0.399. The van der Waals surface area contributed by atoms with Crippen molar-refractivity contribution >= 4 is 17.8 Å². The van der Waals surface area contributed by atoms with Crippen molar-refractivity contribution in [3.63, 3.8) is 0 Å². The third-order valence-electron chi connectivity index (χ3n) is 6.18. The number of nitrogens with zero attached hydrogens (tertiary/aromatic N) is 2. The van der Waals surface area contributed by atoms with Crippen molar-refractivity contribution in [2.45, 2.75) is 19.4 Å². The maximum Gasteiger partial charge on any atom is 0.271 e. The number of carbonyl (C=O) groups is 1. The van der Waals surface area contributed by atoms with E-state index in [1.54, 1.807) is 25.5 Å². The molecule has 4 rings (SSSR count). The molecule has 3 aromatic carbocycles. The Balaban J connectivity index is 1.50. The van der Waals surface area contributed by atoms with E-state index in [0.717, 1.165) is 42.8 Å². The fourth-order valence-corrected chi connectivity index (χ4v) is 4.43. The van der Waals surface area contributed by atoms with Crippen molar-refractivity contribution in [2.24, 2.45) is 5.10 Å². The lowest BCUT2D eigenvalue weighted by molar-refractivity contribution is 0.0954.